The van der Waals surface area contributed by atoms with Gasteiger partial charge in [0.05, 0.1) is 6.10 Å². The van der Waals surface area contributed by atoms with Crippen molar-refractivity contribution in [3.05, 3.63) is 35.4 Å². The summed E-state index contributed by atoms with van der Waals surface area (Å²) in [6.45, 7) is 6.26. The van der Waals surface area contributed by atoms with Crippen LogP contribution in [0.1, 0.15) is 42.9 Å². The summed E-state index contributed by atoms with van der Waals surface area (Å²) >= 11 is 0. The number of aliphatic hydroxyl groups excluding tert-OH is 1. The average molecular weight is 300 g/mol. The number of rotatable bonds is 3. The standard InChI is InChI=1S/C19H28N2O/c22-19-17-6-2-1-5-16(17)13-18(19)21-11-7-15(8-12-21)14-20-9-3-4-10-20/h1-2,5-6,15,18-19,22H,3-4,7-14H2. The molecular formula is C19H28N2O. The molecule has 0 spiro atoms. The van der Waals surface area contributed by atoms with Gasteiger partial charge in [-0.05, 0) is 75.3 Å². The Morgan fingerprint density at radius 3 is 2.45 bits per heavy atom. The molecule has 2 heterocycles. The molecule has 1 aliphatic carbocycles. The first-order chi connectivity index (χ1) is 10.8. The lowest BCUT2D eigenvalue weighted by molar-refractivity contribution is 0.0354. The smallest absolute Gasteiger partial charge is 0.0951 e. The summed E-state index contributed by atoms with van der Waals surface area (Å²) in [7, 11) is 0. The monoisotopic (exact) mass is 300 g/mol. The molecule has 1 aromatic rings. The zero-order valence-electron chi connectivity index (χ0n) is 13.5. The quantitative estimate of drug-likeness (QED) is 0.929. The van der Waals surface area contributed by atoms with Crippen LogP contribution in [0.15, 0.2) is 24.3 Å². The SMILES string of the molecule is OC1c2ccccc2CC1N1CCC(CN2CCCC2)CC1. The summed E-state index contributed by atoms with van der Waals surface area (Å²) in [5.74, 6) is 0.871. The van der Waals surface area contributed by atoms with Gasteiger partial charge in [-0.15, -0.1) is 0 Å². The van der Waals surface area contributed by atoms with Crippen molar-refractivity contribution in [2.24, 2.45) is 5.92 Å². The molecule has 0 bridgehead atoms. The van der Waals surface area contributed by atoms with Crippen LogP contribution in [0.5, 0.6) is 0 Å². The minimum Gasteiger partial charge on any atom is -0.387 e. The Labute approximate surface area is 133 Å². The molecule has 0 aromatic heterocycles. The predicted molar refractivity (Wildman–Crippen MR) is 88.9 cm³/mol. The van der Waals surface area contributed by atoms with Crippen molar-refractivity contribution in [3.8, 4) is 0 Å². The largest absolute Gasteiger partial charge is 0.387 e. The lowest BCUT2D eigenvalue weighted by Gasteiger charge is -2.38. The Hall–Kier alpha value is -0.900. The number of likely N-dealkylation sites (tertiary alicyclic amines) is 2. The maximum absolute atomic E-state index is 10.6. The number of benzene rings is 1. The summed E-state index contributed by atoms with van der Waals surface area (Å²) in [6, 6.07) is 8.73. The van der Waals surface area contributed by atoms with Gasteiger partial charge in [0.2, 0.25) is 0 Å². The van der Waals surface area contributed by atoms with Crippen molar-refractivity contribution in [1.29, 1.82) is 0 Å². The van der Waals surface area contributed by atoms with Gasteiger partial charge in [0, 0.05) is 12.6 Å². The van der Waals surface area contributed by atoms with Gasteiger partial charge < -0.3 is 10.0 Å². The van der Waals surface area contributed by atoms with E-state index in [2.05, 4.69) is 28.0 Å². The van der Waals surface area contributed by atoms with Gasteiger partial charge in [0.25, 0.3) is 0 Å². The summed E-state index contributed by atoms with van der Waals surface area (Å²) in [5, 5.41) is 10.6. The Balaban J connectivity index is 1.32. The molecule has 1 N–H and O–H groups in total. The van der Waals surface area contributed by atoms with E-state index >= 15 is 0 Å². The Bertz CT molecular complexity index is 504. The van der Waals surface area contributed by atoms with E-state index in [-0.39, 0.29) is 6.10 Å². The van der Waals surface area contributed by atoms with Crippen molar-refractivity contribution in [1.82, 2.24) is 9.80 Å². The van der Waals surface area contributed by atoms with Gasteiger partial charge >= 0.3 is 0 Å². The number of nitrogens with zero attached hydrogens (tertiary/aromatic N) is 2. The highest BCUT2D eigenvalue weighted by Gasteiger charge is 2.36. The summed E-state index contributed by atoms with van der Waals surface area (Å²) in [4.78, 5) is 5.20. The number of piperidine rings is 1. The maximum atomic E-state index is 10.6. The molecule has 2 aliphatic heterocycles. The number of aliphatic hydroxyl groups is 1. The van der Waals surface area contributed by atoms with E-state index < -0.39 is 0 Å². The molecular weight excluding hydrogens is 272 g/mol. The fourth-order valence-corrected chi connectivity index (χ4v) is 4.68. The third-order valence-electron chi connectivity index (χ3n) is 6.00. The van der Waals surface area contributed by atoms with Gasteiger partial charge in [-0.3, -0.25) is 4.90 Å². The van der Waals surface area contributed by atoms with Crippen molar-refractivity contribution in [3.63, 3.8) is 0 Å². The van der Waals surface area contributed by atoms with Gasteiger partial charge in [-0.1, -0.05) is 24.3 Å². The third-order valence-corrected chi connectivity index (χ3v) is 6.00. The van der Waals surface area contributed by atoms with Gasteiger partial charge in [0.15, 0.2) is 0 Å². The highest BCUT2D eigenvalue weighted by Crippen LogP contribution is 2.36. The van der Waals surface area contributed by atoms with Crippen LogP contribution in [0.25, 0.3) is 0 Å². The van der Waals surface area contributed by atoms with Crippen LogP contribution in [-0.4, -0.2) is 53.7 Å². The van der Waals surface area contributed by atoms with Crippen molar-refractivity contribution in [2.75, 3.05) is 32.7 Å². The van der Waals surface area contributed by atoms with Gasteiger partial charge in [-0.25, -0.2) is 0 Å². The third kappa shape index (κ3) is 2.82. The molecule has 120 valence electrons. The average Bonchev–Trinajstić information content (AvgIpc) is 3.17. The van der Waals surface area contributed by atoms with E-state index in [1.54, 1.807) is 0 Å². The van der Waals surface area contributed by atoms with E-state index in [1.807, 2.05) is 6.07 Å². The minimum atomic E-state index is -0.286. The molecule has 2 unspecified atom stereocenters. The fourth-order valence-electron chi connectivity index (χ4n) is 4.68. The van der Waals surface area contributed by atoms with Crippen LogP contribution in [0.3, 0.4) is 0 Å². The Kier molecular flexibility index (Phi) is 4.21. The molecule has 4 rings (SSSR count). The van der Waals surface area contributed by atoms with Crippen LogP contribution in [0.4, 0.5) is 0 Å². The molecule has 22 heavy (non-hydrogen) atoms. The molecule has 1 aromatic carbocycles. The van der Waals surface area contributed by atoms with Crippen LogP contribution in [-0.2, 0) is 6.42 Å². The number of hydrogen-bond donors (Lipinski definition) is 1. The first kappa shape index (κ1) is 14.7. The van der Waals surface area contributed by atoms with E-state index in [4.69, 9.17) is 0 Å². The summed E-state index contributed by atoms with van der Waals surface area (Å²) in [5.41, 5.74) is 2.51. The van der Waals surface area contributed by atoms with E-state index in [9.17, 15) is 5.11 Å². The number of hydrogen-bond acceptors (Lipinski definition) is 3. The topological polar surface area (TPSA) is 26.7 Å². The van der Waals surface area contributed by atoms with Crippen molar-refractivity contribution >= 4 is 0 Å². The van der Waals surface area contributed by atoms with Crippen LogP contribution in [0, 0.1) is 5.92 Å². The van der Waals surface area contributed by atoms with Gasteiger partial charge in [0.1, 0.15) is 0 Å². The van der Waals surface area contributed by atoms with Crippen LogP contribution < -0.4 is 0 Å². The normalized spacial score (nSPS) is 30.8. The zero-order chi connectivity index (χ0) is 14.9. The Morgan fingerprint density at radius 2 is 1.73 bits per heavy atom. The molecule has 3 heteroatoms. The predicted octanol–water partition coefficient (Wildman–Crippen LogP) is 2.45. The molecule has 2 saturated heterocycles. The van der Waals surface area contributed by atoms with Gasteiger partial charge in [-0.2, -0.15) is 0 Å². The molecule has 3 nitrogen and oxygen atoms in total. The Morgan fingerprint density at radius 1 is 1.00 bits per heavy atom. The summed E-state index contributed by atoms with van der Waals surface area (Å²) in [6.07, 6.45) is 6.13. The molecule has 3 aliphatic rings. The van der Waals surface area contributed by atoms with E-state index in [0.29, 0.717) is 6.04 Å². The minimum absolute atomic E-state index is 0.286. The molecule has 0 saturated carbocycles. The molecule has 0 radical (unpaired) electrons. The second kappa shape index (κ2) is 6.31. The number of fused-ring (bicyclic) bond motifs is 1. The second-order valence-corrected chi connectivity index (χ2v) is 7.40. The fraction of sp³-hybridized carbons (Fsp3) is 0.684. The lowest BCUT2D eigenvalue weighted by atomic mass is 9.94. The van der Waals surface area contributed by atoms with E-state index in [0.717, 1.165) is 31.0 Å². The highest BCUT2D eigenvalue weighted by atomic mass is 16.3. The molecule has 0 amide bonds. The maximum Gasteiger partial charge on any atom is 0.0951 e. The van der Waals surface area contributed by atoms with Crippen molar-refractivity contribution < 1.29 is 5.11 Å². The lowest BCUT2D eigenvalue weighted by Crippen LogP contribution is -2.45. The zero-order valence-corrected chi connectivity index (χ0v) is 13.5. The highest BCUT2D eigenvalue weighted by molar-refractivity contribution is 5.35. The van der Waals surface area contributed by atoms with Crippen molar-refractivity contribution in [2.45, 2.75) is 44.2 Å². The van der Waals surface area contributed by atoms with Crippen LogP contribution >= 0.6 is 0 Å². The summed E-state index contributed by atoms with van der Waals surface area (Å²) < 4.78 is 0. The molecule has 2 atom stereocenters. The van der Waals surface area contributed by atoms with Crippen LogP contribution in [0.2, 0.25) is 0 Å². The first-order valence-corrected chi connectivity index (χ1v) is 9.03. The van der Waals surface area contributed by atoms with E-state index in [1.165, 1.54) is 50.9 Å². The second-order valence-electron chi connectivity index (χ2n) is 7.40. The molecule has 2 fully saturated rings. The first-order valence-electron chi connectivity index (χ1n) is 9.03.